The molecule has 1 heterocycles. The Kier molecular flexibility index (Phi) is 6.54. The van der Waals surface area contributed by atoms with Crippen LogP contribution in [0.25, 0.3) is 16.0 Å². The molecule has 1 aliphatic heterocycles. The lowest BCUT2D eigenvalue weighted by atomic mass is 10.1. The summed E-state index contributed by atoms with van der Waals surface area (Å²) in [6.45, 7) is 8.41. The van der Waals surface area contributed by atoms with Crippen LogP contribution >= 0.6 is 0 Å². The summed E-state index contributed by atoms with van der Waals surface area (Å²) >= 11 is 0. The van der Waals surface area contributed by atoms with E-state index in [1.54, 1.807) is 60.7 Å². The van der Waals surface area contributed by atoms with Crippen LogP contribution in [0.15, 0.2) is 84.9 Å². The van der Waals surface area contributed by atoms with E-state index in [1.165, 1.54) is 0 Å². The number of esters is 2. The zero-order valence-electron chi connectivity index (χ0n) is 20.9. The maximum Gasteiger partial charge on any atom is 0.343 e. The van der Waals surface area contributed by atoms with E-state index >= 15 is 0 Å². The van der Waals surface area contributed by atoms with Gasteiger partial charge in [-0.15, -0.1) is 0 Å². The third kappa shape index (κ3) is 5.52. The van der Waals surface area contributed by atoms with Crippen LogP contribution in [-0.2, 0) is 11.2 Å². The van der Waals surface area contributed by atoms with Gasteiger partial charge >= 0.3 is 11.9 Å². The first-order chi connectivity index (χ1) is 19.1. The van der Waals surface area contributed by atoms with Crippen molar-refractivity contribution in [2.75, 3.05) is 13.2 Å². The summed E-state index contributed by atoms with van der Waals surface area (Å²) in [5.41, 5.74) is 5.42. The fourth-order valence-corrected chi connectivity index (χ4v) is 4.52. The number of nitrogens with zero attached hydrogens (tertiary/aromatic N) is 1. The third-order valence-electron chi connectivity index (χ3n) is 6.68. The molecule has 0 bridgehead atoms. The Morgan fingerprint density at radius 3 is 1.79 bits per heavy atom. The van der Waals surface area contributed by atoms with E-state index in [1.807, 2.05) is 24.3 Å². The van der Waals surface area contributed by atoms with Crippen LogP contribution in [0, 0.1) is 6.57 Å². The van der Waals surface area contributed by atoms with Gasteiger partial charge in [0.15, 0.2) is 5.69 Å². The molecular weight excluding hydrogens is 494 g/mol. The number of carbonyl (C=O) groups excluding carboxylic acids is 2. The minimum Gasteiger partial charge on any atom is -0.493 e. The third-order valence-corrected chi connectivity index (χ3v) is 6.68. The van der Waals surface area contributed by atoms with Crippen molar-refractivity contribution in [2.45, 2.75) is 18.9 Å². The Morgan fingerprint density at radius 2 is 1.28 bits per heavy atom. The van der Waals surface area contributed by atoms with E-state index in [0.29, 0.717) is 53.2 Å². The highest BCUT2D eigenvalue weighted by Gasteiger charge is 2.22. The lowest BCUT2D eigenvalue weighted by molar-refractivity contribution is 0.0725. The number of rotatable bonds is 8. The quantitative estimate of drug-likeness (QED) is 0.102. The molecule has 0 aromatic heterocycles. The molecule has 0 amide bonds. The number of hydrogen-bond donors (Lipinski definition) is 0. The number of ether oxygens (including phenoxy) is 4. The van der Waals surface area contributed by atoms with Crippen molar-refractivity contribution < 1.29 is 28.5 Å². The van der Waals surface area contributed by atoms with Gasteiger partial charge in [0, 0.05) is 6.42 Å². The number of carbonyl (C=O) groups is 2. The largest absolute Gasteiger partial charge is 0.493 e. The molecule has 0 spiro atoms. The average Bonchev–Trinajstić information content (AvgIpc) is 3.72. The van der Waals surface area contributed by atoms with Crippen LogP contribution in [-0.4, -0.2) is 31.3 Å². The van der Waals surface area contributed by atoms with Crippen LogP contribution in [0.4, 0.5) is 5.69 Å². The van der Waals surface area contributed by atoms with Gasteiger partial charge in [0.2, 0.25) is 0 Å². The second-order valence-electron chi connectivity index (χ2n) is 9.37. The van der Waals surface area contributed by atoms with Crippen LogP contribution in [0.5, 0.6) is 17.2 Å². The van der Waals surface area contributed by atoms with Crippen molar-refractivity contribution in [3.63, 3.8) is 0 Å². The SMILES string of the molecule is [C-]#[N+]c1ccc(C(=O)Oc2ccc3c(c2)Cc2cc(OC(=O)c4ccc(OCCC5CO5)cc4)ccc2-3)cc1. The van der Waals surface area contributed by atoms with E-state index in [2.05, 4.69) is 4.85 Å². The number of benzene rings is 4. The number of hydrogen-bond acceptors (Lipinski definition) is 6. The molecule has 1 saturated heterocycles. The molecule has 7 heteroatoms. The molecule has 2 aliphatic rings. The molecule has 4 aromatic carbocycles. The Bertz CT molecular complexity index is 1600. The molecule has 39 heavy (non-hydrogen) atoms. The van der Waals surface area contributed by atoms with Gasteiger partial charge in [0.25, 0.3) is 0 Å². The van der Waals surface area contributed by atoms with E-state index in [0.717, 1.165) is 35.3 Å². The van der Waals surface area contributed by atoms with Crippen molar-refractivity contribution in [3.8, 4) is 28.4 Å². The van der Waals surface area contributed by atoms with Gasteiger partial charge in [-0.2, -0.15) is 0 Å². The molecule has 192 valence electrons. The topological polar surface area (TPSA) is 78.7 Å². The maximum absolute atomic E-state index is 12.7. The van der Waals surface area contributed by atoms with Crippen LogP contribution in [0.3, 0.4) is 0 Å². The highest BCUT2D eigenvalue weighted by atomic mass is 16.6. The van der Waals surface area contributed by atoms with Gasteiger partial charge in [-0.25, -0.2) is 14.4 Å². The molecule has 0 saturated carbocycles. The monoisotopic (exact) mass is 517 g/mol. The van der Waals surface area contributed by atoms with Crippen LogP contribution in [0.2, 0.25) is 0 Å². The molecular formula is C32H23NO6. The van der Waals surface area contributed by atoms with Gasteiger partial charge < -0.3 is 18.9 Å². The summed E-state index contributed by atoms with van der Waals surface area (Å²) in [7, 11) is 0. The molecule has 1 aliphatic carbocycles. The van der Waals surface area contributed by atoms with E-state index in [9.17, 15) is 9.59 Å². The fraction of sp³-hybridized carbons (Fsp3) is 0.156. The van der Waals surface area contributed by atoms with Gasteiger partial charge in [0.05, 0.1) is 37.0 Å². The molecule has 4 aromatic rings. The lowest BCUT2D eigenvalue weighted by Crippen LogP contribution is -2.08. The molecule has 1 unspecified atom stereocenters. The van der Waals surface area contributed by atoms with Gasteiger partial charge in [-0.05, 0) is 77.2 Å². The van der Waals surface area contributed by atoms with E-state index in [-0.39, 0.29) is 0 Å². The molecule has 0 N–H and O–H groups in total. The van der Waals surface area contributed by atoms with Gasteiger partial charge in [-0.1, -0.05) is 36.4 Å². The summed E-state index contributed by atoms with van der Waals surface area (Å²) in [6, 6.07) is 24.4. The Balaban J connectivity index is 1.09. The van der Waals surface area contributed by atoms with E-state index in [4.69, 9.17) is 25.5 Å². The smallest absolute Gasteiger partial charge is 0.343 e. The van der Waals surface area contributed by atoms with Crippen LogP contribution < -0.4 is 14.2 Å². The van der Waals surface area contributed by atoms with Crippen molar-refractivity contribution in [3.05, 3.63) is 119 Å². The van der Waals surface area contributed by atoms with Gasteiger partial charge in [0.1, 0.15) is 17.2 Å². The lowest BCUT2D eigenvalue weighted by Gasteiger charge is -2.08. The highest BCUT2D eigenvalue weighted by molar-refractivity contribution is 5.92. The standard InChI is InChI=1S/C32H23NO6/c1-33-24-6-2-20(3-7-24)31(34)38-26-10-12-29-22(17-26)16-23-18-27(11-13-30(23)29)39-32(35)21-4-8-25(9-5-21)36-15-14-28-19-37-28/h2-13,17-18,28H,14-16,19H2. The highest BCUT2D eigenvalue weighted by Crippen LogP contribution is 2.40. The zero-order chi connectivity index (χ0) is 26.8. The summed E-state index contributed by atoms with van der Waals surface area (Å²) in [5, 5.41) is 0. The summed E-state index contributed by atoms with van der Waals surface area (Å²) in [4.78, 5) is 28.6. The van der Waals surface area contributed by atoms with E-state index < -0.39 is 11.9 Å². The Labute approximate surface area is 225 Å². The normalized spacial score (nSPS) is 14.5. The second-order valence-corrected chi connectivity index (χ2v) is 9.37. The first-order valence-electron chi connectivity index (χ1n) is 12.6. The Hall–Kier alpha value is -4.93. The summed E-state index contributed by atoms with van der Waals surface area (Å²) in [5.74, 6) is 0.683. The van der Waals surface area contributed by atoms with Crippen molar-refractivity contribution in [2.24, 2.45) is 0 Å². The summed E-state index contributed by atoms with van der Waals surface area (Å²) < 4.78 is 22.1. The minimum absolute atomic E-state index is 0.319. The molecule has 1 atom stereocenters. The molecule has 1 fully saturated rings. The first kappa shape index (κ1) is 24.4. The van der Waals surface area contributed by atoms with Crippen LogP contribution in [0.1, 0.15) is 38.3 Å². The number of fused-ring (bicyclic) bond motifs is 3. The maximum atomic E-state index is 12.7. The average molecular weight is 518 g/mol. The Morgan fingerprint density at radius 1 is 0.769 bits per heavy atom. The molecule has 6 rings (SSSR count). The summed E-state index contributed by atoms with van der Waals surface area (Å²) in [6.07, 6.45) is 1.80. The fourth-order valence-electron chi connectivity index (χ4n) is 4.52. The van der Waals surface area contributed by atoms with Gasteiger partial charge in [-0.3, -0.25) is 0 Å². The second kappa shape index (κ2) is 10.4. The predicted molar refractivity (Wildman–Crippen MR) is 144 cm³/mol. The molecule has 7 nitrogen and oxygen atoms in total. The number of epoxide rings is 1. The van der Waals surface area contributed by atoms with Crippen molar-refractivity contribution in [1.29, 1.82) is 0 Å². The molecule has 0 radical (unpaired) electrons. The van der Waals surface area contributed by atoms with Crippen molar-refractivity contribution >= 4 is 17.6 Å². The zero-order valence-corrected chi connectivity index (χ0v) is 20.9. The predicted octanol–water partition coefficient (Wildman–Crippen LogP) is 6.41. The minimum atomic E-state index is -0.483. The first-order valence-corrected chi connectivity index (χ1v) is 12.6. The van der Waals surface area contributed by atoms with Crippen molar-refractivity contribution in [1.82, 2.24) is 0 Å².